The fraction of sp³-hybridized carbons (Fsp3) is 0.391. The number of amides is 2. The second kappa shape index (κ2) is 10.1. The number of rotatable bonds is 8. The van der Waals surface area contributed by atoms with Crippen LogP contribution in [0.25, 0.3) is 0 Å². The Morgan fingerprint density at radius 2 is 1.80 bits per heavy atom. The van der Waals surface area contributed by atoms with Crippen molar-refractivity contribution in [2.75, 3.05) is 47.6 Å². The molecule has 7 heteroatoms. The van der Waals surface area contributed by atoms with E-state index in [2.05, 4.69) is 5.32 Å². The quantitative estimate of drug-likeness (QED) is 0.674. The molecule has 1 saturated heterocycles. The van der Waals surface area contributed by atoms with Gasteiger partial charge in [-0.15, -0.1) is 0 Å². The summed E-state index contributed by atoms with van der Waals surface area (Å²) in [6.45, 7) is 1.62. The van der Waals surface area contributed by atoms with E-state index in [0.717, 1.165) is 5.56 Å². The molecule has 1 heterocycles. The molecule has 7 nitrogen and oxygen atoms in total. The zero-order valence-corrected chi connectivity index (χ0v) is 17.6. The number of nitrogens with zero attached hydrogens (tertiary/aromatic N) is 1. The van der Waals surface area contributed by atoms with E-state index >= 15 is 0 Å². The first-order valence-corrected chi connectivity index (χ1v) is 9.92. The van der Waals surface area contributed by atoms with E-state index in [-0.39, 0.29) is 17.7 Å². The molecule has 0 spiro atoms. The standard InChI is InChI=1S/C23H28N2O5/c1-28-12-11-24-22(26)20-15-25(23(27)16-7-5-4-6-8-16)14-19(20)18-10-9-17(29-2)13-21(18)30-3/h4-10,13,19-20H,11-12,14-15H2,1-3H3,(H,24,26)/t19-,20+/m1/s1. The molecule has 0 bridgehead atoms. The van der Waals surface area contributed by atoms with Crippen LogP contribution in [0.2, 0.25) is 0 Å². The Bertz CT molecular complexity index is 871. The average Bonchev–Trinajstić information content (AvgIpc) is 3.24. The highest BCUT2D eigenvalue weighted by atomic mass is 16.5. The van der Waals surface area contributed by atoms with Gasteiger partial charge in [-0.3, -0.25) is 9.59 Å². The number of hydrogen-bond donors (Lipinski definition) is 1. The van der Waals surface area contributed by atoms with Gasteiger partial charge in [0.25, 0.3) is 5.91 Å². The fourth-order valence-corrected chi connectivity index (χ4v) is 3.85. The second-order valence-corrected chi connectivity index (χ2v) is 7.18. The van der Waals surface area contributed by atoms with Gasteiger partial charge in [0, 0.05) is 49.9 Å². The molecule has 2 aromatic carbocycles. The van der Waals surface area contributed by atoms with Crippen molar-refractivity contribution in [2.45, 2.75) is 5.92 Å². The van der Waals surface area contributed by atoms with Crippen LogP contribution in [0.1, 0.15) is 21.8 Å². The summed E-state index contributed by atoms with van der Waals surface area (Å²) in [5.74, 6) is 0.548. The lowest BCUT2D eigenvalue weighted by molar-refractivity contribution is -0.125. The lowest BCUT2D eigenvalue weighted by Gasteiger charge is -2.21. The van der Waals surface area contributed by atoms with Gasteiger partial charge >= 0.3 is 0 Å². The predicted octanol–water partition coefficient (Wildman–Crippen LogP) is 2.32. The van der Waals surface area contributed by atoms with Crippen molar-refractivity contribution in [1.29, 1.82) is 0 Å². The van der Waals surface area contributed by atoms with E-state index < -0.39 is 5.92 Å². The number of hydrogen-bond acceptors (Lipinski definition) is 5. The number of carbonyl (C=O) groups is 2. The minimum atomic E-state index is -0.392. The zero-order valence-electron chi connectivity index (χ0n) is 17.6. The molecule has 0 aliphatic carbocycles. The topological polar surface area (TPSA) is 77.1 Å². The minimum absolute atomic E-state index is 0.0831. The number of nitrogens with one attached hydrogen (secondary N) is 1. The van der Waals surface area contributed by atoms with Gasteiger partial charge in [-0.05, 0) is 18.2 Å². The number of ether oxygens (including phenoxy) is 3. The molecule has 2 atom stereocenters. The Labute approximate surface area is 176 Å². The van der Waals surface area contributed by atoms with Crippen LogP contribution in [0.4, 0.5) is 0 Å². The van der Waals surface area contributed by atoms with Crippen molar-refractivity contribution in [2.24, 2.45) is 5.92 Å². The normalized spacial score (nSPS) is 18.2. The first-order valence-electron chi connectivity index (χ1n) is 9.92. The van der Waals surface area contributed by atoms with Gasteiger partial charge in [-0.2, -0.15) is 0 Å². The summed E-state index contributed by atoms with van der Waals surface area (Å²) in [6, 6.07) is 14.7. The molecule has 0 unspecified atom stereocenters. The molecule has 1 aliphatic rings. The van der Waals surface area contributed by atoms with Crippen LogP contribution < -0.4 is 14.8 Å². The van der Waals surface area contributed by atoms with Crippen molar-refractivity contribution < 1.29 is 23.8 Å². The summed E-state index contributed by atoms with van der Waals surface area (Å²) in [5, 5.41) is 2.92. The van der Waals surface area contributed by atoms with Crippen molar-refractivity contribution >= 4 is 11.8 Å². The van der Waals surface area contributed by atoms with Gasteiger partial charge in [0.1, 0.15) is 11.5 Å². The zero-order chi connectivity index (χ0) is 21.5. The molecule has 2 aromatic rings. The van der Waals surface area contributed by atoms with Crippen LogP contribution in [-0.2, 0) is 9.53 Å². The largest absolute Gasteiger partial charge is 0.497 e. The maximum absolute atomic E-state index is 13.0. The molecule has 1 aliphatic heterocycles. The summed E-state index contributed by atoms with van der Waals surface area (Å²) in [6.07, 6.45) is 0. The molecule has 2 amide bonds. The van der Waals surface area contributed by atoms with Gasteiger partial charge in [-0.1, -0.05) is 24.3 Å². The molecule has 1 fully saturated rings. The molecule has 0 radical (unpaired) electrons. The summed E-state index contributed by atoms with van der Waals surface area (Å²) in [5.41, 5.74) is 1.49. The van der Waals surface area contributed by atoms with Gasteiger partial charge in [-0.25, -0.2) is 0 Å². The van der Waals surface area contributed by atoms with Crippen LogP contribution >= 0.6 is 0 Å². The Kier molecular flexibility index (Phi) is 7.30. The van der Waals surface area contributed by atoms with Gasteiger partial charge < -0.3 is 24.4 Å². The highest BCUT2D eigenvalue weighted by Gasteiger charge is 2.41. The van der Waals surface area contributed by atoms with Crippen LogP contribution in [0.5, 0.6) is 11.5 Å². The summed E-state index contributed by atoms with van der Waals surface area (Å²) in [4.78, 5) is 27.7. The van der Waals surface area contributed by atoms with Crippen LogP contribution in [-0.4, -0.2) is 64.3 Å². The van der Waals surface area contributed by atoms with E-state index in [1.165, 1.54) is 0 Å². The van der Waals surface area contributed by atoms with E-state index in [1.54, 1.807) is 44.4 Å². The Morgan fingerprint density at radius 1 is 1.03 bits per heavy atom. The molecule has 0 saturated carbocycles. The highest BCUT2D eigenvalue weighted by molar-refractivity contribution is 5.95. The SMILES string of the molecule is COCCNC(=O)[C@H]1CN(C(=O)c2ccccc2)C[C@@H]1c1ccc(OC)cc1OC. The van der Waals surface area contributed by atoms with Crippen molar-refractivity contribution in [1.82, 2.24) is 10.2 Å². The molecule has 160 valence electrons. The molecular formula is C23H28N2O5. The van der Waals surface area contributed by atoms with Crippen molar-refractivity contribution in [3.8, 4) is 11.5 Å². The second-order valence-electron chi connectivity index (χ2n) is 7.18. The van der Waals surface area contributed by atoms with E-state index in [1.807, 2.05) is 30.3 Å². The smallest absolute Gasteiger partial charge is 0.253 e. The minimum Gasteiger partial charge on any atom is -0.497 e. The van der Waals surface area contributed by atoms with E-state index in [9.17, 15) is 9.59 Å². The Balaban J connectivity index is 1.89. The third-order valence-corrected chi connectivity index (χ3v) is 5.41. The molecule has 30 heavy (non-hydrogen) atoms. The monoisotopic (exact) mass is 412 g/mol. The molecule has 1 N–H and O–H groups in total. The van der Waals surface area contributed by atoms with Crippen LogP contribution in [0, 0.1) is 5.92 Å². The van der Waals surface area contributed by atoms with Crippen molar-refractivity contribution in [3.05, 3.63) is 59.7 Å². The summed E-state index contributed by atoms with van der Waals surface area (Å²) in [7, 11) is 4.77. The lowest BCUT2D eigenvalue weighted by atomic mass is 9.87. The van der Waals surface area contributed by atoms with Gasteiger partial charge in [0.15, 0.2) is 0 Å². The average molecular weight is 412 g/mol. The first-order chi connectivity index (χ1) is 14.6. The molecule has 0 aromatic heterocycles. The summed E-state index contributed by atoms with van der Waals surface area (Å²) >= 11 is 0. The van der Waals surface area contributed by atoms with E-state index in [0.29, 0.717) is 43.3 Å². The number of likely N-dealkylation sites (tertiary alicyclic amines) is 1. The first kappa shape index (κ1) is 21.6. The summed E-state index contributed by atoms with van der Waals surface area (Å²) < 4.78 is 15.9. The van der Waals surface area contributed by atoms with Gasteiger partial charge in [0.05, 0.1) is 26.7 Å². The lowest BCUT2D eigenvalue weighted by Crippen LogP contribution is -2.37. The Morgan fingerprint density at radius 3 is 2.47 bits per heavy atom. The van der Waals surface area contributed by atoms with Crippen LogP contribution in [0.3, 0.4) is 0 Å². The molecular weight excluding hydrogens is 384 g/mol. The maximum Gasteiger partial charge on any atom is 0.253 e. The Hall–Kier alpha value is -3.06. The number of carbonyl (C=O) groups excluding carboxylic acids is 2. The molecule has 3 rings (SSSR count). The van der Waals surface area contributed by atoms with Crippen molar-refractivity contribution in [3.63, 3.8) is 0 Å². The van der Waals surface area contributed by atoms with Gasteiger partial charge in [0.2, 0.25) is 5.91 Å². The highest BCUT2D eigenvalue weighted by Crippen LogP contribution is 2.39. The third-order valence-electron chi connectivity index (χ3n) is 5.41. The third kappa shape index (κ3) is 4.74. The number of benzene rings is 2. The fourth-order valence-electron chi connectivity index (χ4n) is 3.85. The van der Waals surface area contributed by atoms with E-state index in [4.69, 9.17) is 14.2 Å². The maximum atomic E-state index is 13.0. The predicted molar refractivity (Wildman–Crippen MR) is 113 cm³/mol. The number of methoxy groups -OCH3 is 3. The van der Waals surface area contributed by atoms with Crippen LogP contribution in [0.15, 0.2) is 48.5 Å².